The second-order valence-corrected chi connectivity index (χ2v) is 4.02. The van der Waals surface area contributed by atoms with E-state index in [-0.39, 0.29) is 12.2 Å². The van der Waals surface area contributed by atoms with Crippen LogP contribution < -0.4 is 15.2 Å². The van der Waals surface area contributed by atoms with E-state index in [9.17, 15) is 4.79 Å². The molecule has 1 aliphatic rings. The van der Waals surface area contributed by atoms with Gasteiger partial charge in [0.2, 0.25) is 0 Å². The highest BCUT2D eigenvalue weighted by atomic mass is 16.6. The third kappa shape index (κ3) is 2.47. The van der Waals surface area contributed by atoms with Crippen LogP contribution in [0.2, 0.25) is 0 Å². The number of rotatable bonds is 5. The van der Waals surface area contributed by atoms with E-state index in [1.807, 2.05) is 12.1 Å². The fourth-order valence-electron chi connectivity index (χ4n) is 1.99. The van der Waals surface area contributed by atoms with E-state index in [0.29, 0.717) is 43.4 Å². The highest BCUT2D eigenvalue weighted by molar-refractivity contribution is 6.01. The van der Waals surface area contributed by atoms with Crippen LogP contribution in [0.5, 0.6) is 11.5 Å². The van der Waals surface area contributed by atoms with Crippen LogP contribution in [0.25, 0.3) is 0 Å². The van der Waals surface area contributed by atoms with Crippen molar-refractivity contribution in [3.63, 3.8) is 0 Å². The summed E-state index contributed by atoms with van der Waals surface area (Å²) in [6.45, 7) is 1.63. The summed E-state index contributed by atoms with van der Waals surface area (Å²) in [7, 11) is 1.59. The van der Waals surface area contributed by atoms with Crippen molar-refractivity contribution in [2.24, 2.45) is 5.73 Å². The van der Waals surface area contributed by atoms with Gasteiger partial charge in [0.05, 0.1) is 12.2 Å². The van der Waals surface area contributed by atoms with Crippen molar-refractivity contribution in [2.75, 3.05) is 26.9 Å². The number of fused-ring (bicyclic) bond motifs is 1. The monoisotopic (exact) mass is 251 g/mol. The van der Waals surface area contributed by atoms with Crippen molar-refractivity contribution >= 4 is 5.78 Å². The van der Waals surface area contributed by atoms with Gasteiger partial charge in [0.1, 0.15) is 13.2 Å². The second kappa shape index (κ2) is 5.84. The van der Waals surface area contributed by atoms with Crippen LogP contribution >= 0.6 is 0 Å². The maximum atomic E-state index is 12.1. The van der Waals surface area contributed by atoms with Gasteiger partial charge in [-0.25, -0.2) is 0 Å². The molecule has 5 nitrogen and oxygen atoms in total. The van der Waals surface area contributed by atoms with E-state index < -0.39 is 0 Å². The summed E-state index contributed by atoms with van der Waals surface area (Å²) in [4.78, 5) is 12.1. The van der Waals surface area contributed by atoms with Gasteiger partial charge in [0.25, 0.3) is 0 Å². The minimum Gasteiger partial charge on any atom is -0.486 e. The molecule has 0 bridgehead atoms. The number of methoxy groups -OCH3 is 1. The van der Waals surface area contributed by atoms with Crippen molar-refractivity contribution < 1.29 is 19.0 Å². The van der Waals surface area contributed by atoms with Crippen LogP contribution in [0.4, 0.5) is 0 Å². The van der Waals surface area contributed by atoms with Gasteiger partial charge in [0.15, 0.2) is 17.3 Å². The Bertz CT molecular complexity index is 445. The van der Waals surface area contributed by atoms with Crippen LogP contribution in [-0.2, 0) is 11.3 Å². The molecule has 0 atom stereocenters. The maximum absolute atomic E-state index is 12.1. The van der Waals surface area contributed by atoms with Crippen LogP contribution in [0, 0.1) is 0 Å². The van der Waals surface area contributed by atoms with E-state index in [2.05, 4.69) is 0 Å². The molecule has 1 aromatic rings. The molecule has 0 aliphatic carbocycles. The van der Waals surface area contributed by atoms with E-state index in [1.165, 1.54) is 0 Å². The van der Waals surface area contributed by atoms with Gasteiger partial charge in [0, 0.05) is 13.5 Å². The lowest BCUT2D eigenvalue weighted by Crippen LogP contribution is -2.20. The number of carbonyl (C=O) groups is 1. The second-order valence-electron chi connectivity index (χ2n) is 4.02. The lowest BCUT2D eigenvalue weighted by atomic mass is 9.99. The molecular weight excluding hydrogens is 234 g/mol. The molecule has 2 N–H and O–H groups in total. The number of benzene rings is 1. The summed E-state index contributed by atoms with van der Waals surface area (Å²) in [5.41, 5.74) is 6.79. The Morgan fingerprint density at radius 2 is 2.17 bits per heavy atom. The van der Waals surface area contributed by atoms with Crippen molar-refractivity contribution in [3.05, 3.63) is 23.3 Å². The van der Waals surface area contributed by atoms with Crippen molar-refractivity contribution in [1.29, 1.82) is 0 Å². The molecule has 0 saturated carbocycles. The Hall–Kier alpha value is -1.59. The molecule has 0 amide bonds. The quantitative estimate of drug-likeness (QED) is 0.794. The summed E-state index contributed by atoms with van der Waals surface area (Å²) in [5, 5.41) is 0. The first kappa shape index (κ1) is 12.9. The molecule has 1 heterocycles. The molecule has 0 spiro atoms. The van der Waals surface area contributed by atoms with E-state index in [0.717, 1.165) is 5.56 Å². The topological polar surface area (TPSA) is 70.8 Å². The first-order valence-electron chi connectivity index (χ1n) is 5.91. The largest absolute Gasteiger partial charge is 0.486 e. The van der Waals surface area contributed by atoms with Gasteiger partial charge in [-0.3, -0.25) is 4.79 Å². The zero-order valence-electron chi connectivity index (χ0n) is 10.4. The number of hydrogen-bond acceptors (Lipinski definition) is 5. The lowest BCUT2D eigenvalue weighted by Gasteiger charge is -2.22. The van der Waals surface area contributed by atoms with Crippen molar-refractivity contribution in [3.8, 4) is 11.5 Å². The van der Waals surface area contributed by atoms with Crippen LogP contribution in [0.3, 0.4) is 0 Å². The molecule has 0 radical (unpaired) electrons. The maximum Gasteiger partial charge on any atom is 0.172 e. The SMILES string of the molecule is COCc1ccc2c(c1C(=O)CCN)OCCO2. The summed E-state index contributed by atoms with van der Waals surface area (Å²) >= 11 is 0. The van der Waals surface area contributed by atoms with E-state index in [1.54, 1.807) is 7.11 Å². The molecular formula is C13H17NO4. The fraction of sp³-hybridized carbons (Fsp3) is 0.462. The van der Waals surface area contributed by atoms with Gasteiger partial charge in [-0.05, 0) is 18.2 Å². The average molecular weight is 251 g/mol. The van der Waals surface area contributed by atoms with Crippen LogP contribution in [0.15, 0.2) is 12.1 Å². The Labute approximate surface area is 106 Å². The Morgan fingerprint density at radius 1 is 1.39 bits per heavy atom. The Morgan fingerprint density at radius 3 is 2.89 bits per heavy atom. The van der Waals surface area contributed by atoms with E-state index >= 15 is 0 Å². The number of carbonyl (C=O) groups excluding carboxylic acids is 1. The highest BCUT2D eigenvalue weighted by Crippen LogP contribution is 2.36. The number of nitrogens with two attached hydrogens (primary N) is 1. The molecule has 2 rings (SSSR count). The van der Waals surface area contributed by atoms with E-state index in [4.69, 9.17) is 19.9 Å². The zero-order chi connectivity index (χ0) is 13.0. The molecule has 1 aliphatic heterocycles. The number of ketones is 1. The molecule has 0 fully saturated rings. The highest BCUT2D eigenvalue weighted by Gasteiger charge is 2.23. The fourth-order valence-corrected chi connectivity index (χ4v) is 1.99. The average Bonchev–Trinajstić information content (AvgIpc) is 2.39. The Kier molecular flexibility index (Phi) is 4.17. The van der Waals surface area contributed by atoms with Crippen molar-refractivity contribution in [1.82, 2.24) is 0 Å². The zero-order valence-corrected chi connectivity index (χ0v) is 10.4. The van der Waals surface area contributed by atoms with Gasteiger partial charge in [-0.1, -0.05) is 6.07 Å². The van der Waals surface area contributed by atoms with Gasteiger partial charge >= 0.3 is 0 Å². The molecule has 0 saturated heterocycles. The van der Waals surface area contributed by atoms with Crippen molar-refractivity contribution in [2.45, 2.75) is 13.0 Å². The molecule has 1 aromatic carbocycles. The minimum absolute atomic E-state index is 0.0353. The predicted octanol–water partition coefficient (Wildman–Crippen LogP) is 1.14. The third-order valence-electron chi connectivity index (χ3n) is 2.75. The van der Waals surface area contributed by atoms with Gasteiger partial charge in [-0.15, -0.1) is 0 Å². The van der Waals surface area contributed by atoms with Crippen LogP contribution in [0.1, 0.15) is 22.3 Å². The van der Waals surface area contributed by atoms with Gasteiger partial charge < -0.3 is 19.9 Å². The third-order valence-corrected chi connectivity index (χ3v) is 2.75. The molecule has 98 valence electrons. The summed E-state index contributed by atoms with van der Waals surface area (Å²) < 4.78 is 16.2. The predicted molar refractivity (Wildman–Crippen MR) is 66.1 cm³/mol. The first-order valence-corrected chi connectivity index (χ1v) is 5.91. The molecule has 0 aromatic heterocycles. The first-order chi connectivity index (χ1) is 8.77. The summed E-state index contributed by atoms with van der Waals surface area (Å²) in [5.74, 6) is 1.10. The number of ether oxygens (including phenoxy) is 3. The molecule has 5 heteroatoms. The molecule has 18 heavy (non-hydrogen) atoms. The number of hydrogen-bond donors (Lipinski definition) is 1. The smallest absolute Gasteiger partial charge is 0.172 e. The van der Waals surface area contributed by atoms with Gasteiger partial charge in [-0.2, -0.15) is 0 Å². The van der Waals surface area contributed by atoms with Crippen LogP contribution in [-0.4, -0.2) is 32.7 Å². The Balaban J connectivity index is 2.45. The summed E-state index contributed by atoms with van der Waals surface area (Å²) in [6, 6.07) is 3.64. The standard InChI is InChI=1S/C13H17NO4/c1-16-8-9-2-3-11-13(18-7-6-17-11)12(9)10(15)4-5-14/h2-3H,4-8,14H2,1H3. The summed E-state index contributed by atoms with van der Waals surface area (Å²) in [6.07, 6.45) is 0.288. The molecule has 0 unspecified atom stereocenters. The lowest BCUT2D eigenvalue weighted by molar-refractivity contribution is 0.0968. The minimum atomic E-state index is -0.0353. The number of Topliss-reactive ketones (excluding diaryl/α,β-unsaturated/α-hetero) is 1. The normalized spacial score (nSPS) is 13.4.